The van der Waals surface area contributed by atoms with Gasteiger partial charge in [0.05, 0.1) is 16.1 Å². The fraction of sp³-hybridized carbons (Fsp3) is 0.344. The zero-order valence-corrected chi connectivity index (χ0v) is 41.6. The first-order valence-electron chi connectivity index (χ1n) is 24.1. The minimum absolute atomic E-state index is 0.0313. The molecule has 2 bridgehead atoms. The van der Waals surface area contributed by atoms with E-state index < -0.39 is 0 Å². The summed E-state index contributed by atoms with van der Waals surface area (Å²) in [7, 11) is 0. The van der Waals surface area contributed by atoms with Gasteiger partial charge in [0.2, 0.25) is 0 Å². The standard InChI is InChI=1S/C61H62N2S2/c1-57(2)24-25-58(3,4)46-30-36(22-23-44(46)57)63-53-43-32-47-48(60(7,8)27-26-59(47,5)6)33-45(43)61(9,10)52(53)51-38(40-28-34-16-11-12-17-35(34)29-49(40)62)19-15-20-39(51)41-31-42-37-18-13-14-21-50(37)65-56(42)54(63)55(41)64/h11-14,16-18,20-23,28-33,64H,15,19,24-27,62H2,1-10H3. The molecule has 5 aliphatic rings. The highest BCUT2D eigenvalue weighted by atomic mass is 32.1. The van der Waals surface area contributed by atoms with E-state index in [4.69, 9.17) is 18.4 Å². The van der Waals surface area contributed by atoms with Crippen LogP contribution in [0.2, 0.25) is 0 Å². The fourth-order valence-electron chi connectivity index (χ4n) is 13.0. The van der Waals surface area contributed by atoms with Crippen molar-refractivity contribution >= 4 is 88.8 Å². The minimum Gasteiger partial charge on any atom is -0.398 e. The van der Waals surface area contributed by atoms with E-state index in [9.17, 15) is 0 Å². The van der Waals surface area contributed by atoms with Gasteiger partial charge in [-0.3, -0.25) is 0 Å². The molecule has 12 rings (SSSR count). The molecule has 1 aliphatic heterocycles. The number of rotatable bonds is 2. The summed E-state index contributed by atoms with van der Waals surface area (Å²) in [6, 6.07) is 37.6. The molecule has 0 atom stereocenters. The van der Waals surface area contributed by atoms with Gasteiger partial charge in [0, 0.05) is 48.3 Å². The number of thiophene rings is 1. The molecular formula is C61H62N2S2. The molecule has 0 saturated carbocycles. The molecule has 6 aromatic carbocycles. The molecule has 7 aromatic rings. The van der Waals surface area contributed by atoms with Crippen LogP contribution in [0, 0.1) is 0 Å². The van der Waals surface area contributed by atoms with E-state index in [1.165, 1.54) is 122 Å². The Morgan fingerprint density at radius 3 is 1.91 bits per heavy atom. The summed E-state index contributed by atoms with van der Waals surface area (Å²) in [6.45, 7) is 24.8. The number of benzene rings is 6. The minimum atomic E-state index is -0.361. The predicted octanol–water partition coefficient (Wildman–Crippen LogP) is 17.3. The molecule has 65 heavy (non-hydrogen) atoms. The number of hydrogen-bond donors (Lipinski definition) is 2. The van der Waals surface area contributed by atoms with E-state index >= 15 is 0 Å². The quantitative estimate of drug-likeness (QED) is 0.134. The largest absolute Gasteiger partial charge is 0.398 e. The molecule has 0 spiro atoms. The molecule has 2 nitrogen and oxygen atoms in total. The van der Waals surface area contributed by atoms with Gasteiger partial charge < -0.3 is 10.6 Å². The molecule has 0 saturated heterocycles. The molecule has 0 unspecified atom stereocenters. The summed E-state index contributed by atoms with van der Waals surface area (Å²) < 4.78 is 2.59. The van der Waals surface area contributed by atoms with Crippen LogP contribution in [0.25, 0.3) is 47.8 Å². The van der Waals surface area contributed by atoms with Crippen molar-refractivity contribution in [2.75, 3.05) is 10.6 Å². The summed E-state index contributed by atoms with van der Waals surface area (Å²) in [5.74, 6) is 0. The van der Waals surface area contributed by atoms with Gasteiger partial charge in [-0.2, -0.15) is 0 Å². The Bertz CT molecular complexity index is 3380. The number of thiol groups is 1. The Morgan fingerprint density at radius 1 is 0.585 bits per heavy atom. The van der Waals surface area contributed by atoms with Gasteiger partial charge in [-0.25, -0.2) is 0 Å². The lowest BCUT2D eigenvalue weighted by atomic mass is 9.62. The Labute approximate surface area is 395 Å². The molecule has 4 heteroatoms. The number of fused-ring (bicyclic) bond motifs is 14. The summed E-state index contributed by atoms with van der Waals surface area (Å²) in [5.41, 5.74) is 28.1. The number of nitrogens with two attached hydrogens (primary N) is 1. The van der Waals surface area contributed by atoms with Gasteiger partial charge in [-0.1, -0.05) is 130 Å². The molecular weight excluding hydrogens is 825 g/mol. The van der Waals surface area contributed by atoms with Crippen molar-refractivity contribution in [1.29, 1.82) is 0 Å². The van der Waals surface area contributed by atoms with Crippen molar-refractivity contribution in [2.24, 2.45) is 0 Å². The van der Waals surface area contributed by atoms with E-state index in [-0.39, 0.29) is 27.1 Å². The topological polar surface area (TPSA) is 29.3 Å². The maximum atomic E-state index is 7.29. The third kappa shape index (κ3) is 5.78. The van der Waals surface area contributed by atoms with Crippen LogP contribution < -0.4 is 10.6 Å². The van der Waals surface area contributed by atoms with E-state index in [0.29, 0.717) is 0 Å². The van der Waals surface area contributed by atoms with Crippen molar-refractivity contribution in [3.8, 4) is 0 Å². The summed E-state index contributed by atoms with van der Waals surface area (Å²) >= 11 is 7.73. The van der Waals surface area contributed by atoms with Crippen LogP contribution in [0.5, 0.6) is 0 Å². The highest BCUT2D eigenvalue weighted by molar-refractivity contribution is 7.80. The van der Waals surface area contributed by atoms with E-state index in [1.807, 2.05) is 11.3 Å². The summed E-state index contributed by atoms with van der Waals surface area (Å²) in [4.78, 5) is 3.76. The van der Waals surface area contributed by atoms with Crippen LogP contribution in [0.3, 0.4) is 0 Å². The van der Waals surface area contributed by atoms with Crippen LogP contribution in [0.1, 0.15) is 152 Å². The van der Waals surface area contributed by atoms with Crippen LogP contribution in [-0.4, -0.2) is 0 Å². The Hall–Kier alpha value is -5.03. The van der Waals surface area contributed by atoms with Gasteiger partial charge in [0.25, 0.3) is 0 Å². The van der Waals surface area contributed by atoms with Gasteiger partial charge in [0.1, 0.15) is 0 Å². The lowest BCUT2D eigenvalue weighted by Gasteiger charge is -2.43. The number of nitrogen functional groups attached to an aromatic ring is 1. The molecule has 2 heterocycles. The molecule has 0 amide bonds. The molecule has 1 aromatic heterocycles. The number of anilines is 3. The Kier molecular flexibility index (Phi) is 8.63. The number of allylic oxidation sites excluding steroid dienone is 5. The third-order valence-electron chi connectivity index (χ3n) is 17.0. The Balaban J connectivity index is 1.30. The van der Waals surface area contributed by atoms with Gasteiger partial charge in [-0.15, -0.1) is 24.0 Å². The van der Waals surface area contributed by atoms with Crippen LogP contribution in [0.4, 0.5) is 17.1 Å². The third-order valence-corrected chi connectivity index (χ3v) is 18.7. The maximum absolute atomic E-state index is 7.29. The molecule has 2 N–H and O–H groups in total. The zero-order chi connectivity index (χ0) is 45.3. The van der Waals surface area contributed by atoms with Gasteiger partial charge in [0.15, 0.2) is 0 Å². The first kappa shape index (κ1) is 41.4. The molecule has 328 valence electrons. The van der Waals surface area contributed by atoms with Crippen molar-refractivity contribution in [3.05, 3.63) is 159 Å². The molecule has 0 fully saturated rings. The summed E-state index contributed by atoms with van der Waals surface area (Å²) in [6.07, 6.45) is 9.04. The highest BCUT2D eigenvalue weighted by Gasteiger charge is 2.49. The molecule has 4 aliphatic carbocycles. The SMILES string of the molecule is CC1(C)CCC(C)(C)c2cc(N3C4=C(C5=C(c6cc7ccccc7cc6N)CCC=C5c5cc6c(sc7ccccc76)c3c5S)C(C)(C)c3cc5c(cc34)C(C)(C)CCC5(C)C)ccc21. The predicted molar refractivity (Wildman–Crippen MR) is 285 cm³/mol. The second kappa shape index (κ2) is 13.5. The van der Waals surface area contributed by atoms with Crippen LogP contribution >= 0.6 is 24.0 Å². The van der Waals surface area contributed by atoms with Crippen LogP contribution in [0.15, 0.2) is 119 Å². The van der Waals surface area contributed by atoms with Crippen LogP contribution in [-0.2, 0) is 27.1 Å². The number of hydrogen-bond acceptors (Lipinski definition) is 4. The van der Waals surface area contributed by atoms with E-state index in [0.717, 1.165) is 41.8 Å². The average Bonchev–Trinajstić information content (AvgIpc) is 3.74. The first-order valence-corrected chi connectivity index (χ1v) is 25.3. The van der Waals surface area contributed by atoms with Crippen molar-refractivity contribution in [2.45, 2.75) is 140 Å². The Morgan fingerprint density at radius 2 is 1.20 bits per heavy atom. The second-order valence-electron chi connectivity index (χ2n) is 23.3. The van der Waals surface area contributed by atoms with Crippen molar-refractivity contribution in [1.82, 2.24) is 0 Å². The lowest BCUT2D eigenvalue weighted by Crippen LogP contribution is -2.34. The van der Waals surface area contributed by atoms with Crippen molar-refractivity contribution in [3.63, 3.8) is 0 Å². The van der Waals surface area contributed by atoms with E-state index in [1.54, 1.807) is 0 Å². The van der Waals surface area contributed by atoms with Gasteiger partial charge >= 0.3 is 0 Å². The second-order valence-corrected chi connectivity index (χ2v) is 24.8. The first-order chi connectivity index (χ1) is 30.8. The molecule has 0 radical (unpaired) electrons. The smallest absolute Gasteiger partial charge is 0.0780 e. The zero-order valence-electron chi connectivity index (χ0n) is 39.9. The number of nitrogens with zero attached hydrogens (tertiary/aromatic N) is 1. The highest BCUT2D eigenvalue weighted by Crippen LogP contribution is 2.64. The average molecular weight is 887 g/mol. The normalized spacial score (nSPS) is 20.8. The monoisotopic (exact) mass is 886 g/mol. The van der Waals surface area contributed by atoms with Gasteiger partial charge in [-0.05, 0) is 169 Å². The lowest BCUT2D eigenvalue weighted by molar-refractivity contribution is 0.331. The summed E-state index contributed by atoms with van der Waals surface area (Å²) in [5, 5.41) is 4.99. The van der Waals surface area contributed by atoms with E-state index in [2.05, 4.69) is 177 Å². The fourth-order valence-corrected chi connectivity index (χ4v) is 14.7. The maximum Gasteiger partial charge on any atom is 0.0780 e. The van der Waals surface area contributed by atoms with Crippen molar-refractivity contribution < 1.29 is 0 Å².